The number of hydrogen-bond donors (Lipinski definition) is 0. The van der Waals surface area contributed by atoms with Crippen LogP contribution in [0.4, 0.5) is 0 Å². The quantitative estimate of drug-likeness (QED) is 0.397. The van der Waals surface area contributed by atoms with Crippen LogP contribution in [0.15, 0.2) is 0 Å². The van der Waals surface area contributed by atoms with Gasteiger partial charge in [-0.3, -0.25) is 4.79 Å². The van der Waals surface area contributed by atoms with Crippen molar-refractivity contribution < 1.29 is 9.53 Å². The lowest BCUT2D eigenvalue weighted by Gasteiger charge is -2.00. The number of carbonyl (C=O) groups is 1. The number of carbonyl (C=O) groups excluding carboxylic acids is 1. The van der Waals surface area contributed by atoms with Crippen molar-refractivity contribution in [1.29, 1.82) is 0 Å². The third kappa shape index (κ3) is 8.40. The Labute approximate surface area is 86.6 Å². The molecule has 0 atom stereocenters. The molecule has 0 rings (SSSR count). The number of esters is 1. The molecule has 0 aliphatic heterocycles. The zero-order valence-corrected chi connectivity index (χ0v) is 9.75. The summed E-state index contributed by atoms with van der Waals surface area (Å²) in [5, 5.41) is 1.02. The van der Waals surface area contributed by atoms with Gasteiger partial charge in [-0.05, 0) is 19.1 Å². The highest BCUT2D eigenvalue weighted by atomic mass is 79.9. The molecule has 0 spiro atoms. The fourth-order valence-corrected chi connectivity index (χ4v) is 2.06. The molecule has 0 N–H and O–H groups in total. The monoisotopic (exact) mass is 254 g/mol. The lowest BCUT2D eigenvalue weighted by molar-refractivity contribution is -0.143. The standard InChI is InChI=1S/C8H15BrO2S/c1-2-11-8(10)4-3-6-12-7-5-9/h2-7H2,1H3. The van der Waals surface area contributed by atoms with Crippen LogP contribution in [0.1, 0.15) is 19.8 Å². The van der Waals surface area contributed by atoms with Gasteiger partial charge >= 0.3 is 5.97 Å². The molecule has 0 aromatic heterocycles. The van der Waals surface area contributed by atoms with E-state index in [2.05, 4.69) is 15.9 Å². The molecule has 0 heterocycles. The zero-order chi connectivity index (χ0) is 9.23. The number of halogens is 1. The second-order valence-electron chi connectivity index (χ2n) is 2.21. The predicted octanol–water partition coefficient (Wildman–Crippen LogP) is 2.46. The van der Waals surface area contributed by atoms with Crippen LogP contribution in [0.25, 0.3) is 0 Å². The van der Waals surface area contributed by atoms with Gasteiger partial charge < -0.3 is 4.74 Å². The summed E-state index contributed by atoms with van der Waals surface area (Å²) in [6.07, 6.45) is 1.49. The number of rotatable bonds is 7. The van der Waals surface area contributed by atoms with Crippen molar-refractivity contribution in [1.82, 2.24) is 0 Å². The van der Waals surface area contributed by atoms with E-state index in [1.165, 1.54) is 0 Å². The SMILES string of the molecule is CCOC(=O)CCCSCCBr. The van der Waals surface area contributed by atoms with E-state index in [1.807, 2.05) is 18.7 Å². The van der Waals surface area contributed by atoms with E-state index in [-0.39, 0.29) is 5.97 Å². The lowest BCUT2D eigenvalue weighted by atomic mass is 10.3. The molecule has 0 saturated heterocycles. The van der Waals surface area contributed by atoms with Crippen molar-refractivity contribution in [2.75, 3.05) is 23.4 Å². The van der Waals surface area contributed by atoms with Crippen LogP contribution in [-0.4, -0.2) is 29.4 Å². The molecule has 0 aromatic carbocycles. The summed E-state index contributed by atoms with van der Waals surface area (Å²) in [5.41, 5.74) is 0. The van der Waals surface area contributed by atoms with E-state index in [4.69, 9.17) is 4.74 Å². The van der Waals surface area contributed by atoms with E-state index in [0.29, 0.717) is 13.0 Å². The minimum atomic E-state index is -0.0723. The Morgan fingerprint density at radius 3 is 2.83 bits per heavy atom. The van der Waals surface area contributed by atoms with Crippen LogP contribution in [-0.2, 0) is 9.53 Å². The van der Waals surface area contributed by atoms with Crippen molar-refractivity contribution in [3.05, 3.63) is 0 Å². The van der Waals surface area contributed by atoms with Crippen molar-refractivity contribution in [2.24, 2.45) is 0 Å². The normalized spacial score (nSPS) is 9.83. The van der Waals surface area contributed by atoms with Crippen LogP contribution >= 0.6 is 27.7 Å². The summed E-state index contributed by atoms with van der Waals surface area (Å²) in [6.45, 7) is 2.32. The fraction of sp³-hybridized carbons (Fsp3) is 0.875. The van der Waals surface area contributed by atoms with Crippen LogP contribution in [0, 0.1) is 0 Å². The second kappa shape index (κ2) is 9.39. The maximum Gasteiger partial charge on any atom is 0.305 e. The van der Waals surface area contributed by atoms with E-state index in [0.717, 1.165) is 23.3 Å². The highest BCUT2D eigenvalue weighted by molar-refractivity contribution is 9.09. The molecule has 0 amide bonds. The Hall–Kier alpha value is 0.300. The van der Waals surface area contributed by atoms with Crippen molar-refractivity contribution >= 4 is 33.7 Å². The molecular formula is C8H15BrO2S. The summed E-state index contributed by atoms with van der Waals surface area (Å²) in [4.78, 5) is 10.8. The van der Waals surface area contributed by atoms with Gasteiger partial charge in [0.15, 0.2) is 0 Å². The molecule has 0 fully saturated rings. The number of alkyl halides is 1. The van der Waals surface area contributed by atoms with Gasteiger partial charge in [0, 0.05) is 17.5 Å². The molecule has 72 valence electrons. The highest BCUT2D eigenvalue weighted by Gasteiger charge is 1.99. The second-order valence-corrected chi connectivity index (χ2v) is 4.23. The van der Waals surface area contributed by atoms with Crippen LogP contribution < -0.4 is 0 Å². The van der Waals surface area contributed by atoms with Crippen molar-refractivity contribution in [3.63, 3.8) is 0 Å². The van der Waals surface area contributed by atoms with Crippen LogP contribution in [0.3, 0.4) is 0 Å². The Morgan fingerprint density at radius 1 is 1.50 bits per heavy atom. The fourth-order valence-electron chi connectivity index (χ4n) is 0.708. The van der Waals surface area contributed by atoms with Gasteiger partial charge in [0.2, 0.25) is 0 Å². The van der Waals surface area contributed by atoms with Gasteiger partial charge in [-0.25, -0.2) is 0 Å². The first kappa shape index (κ1) is 12.3. The number of hydrogen-bond acceptors (Lipinski definition) is 3. The molecule has 4 heteroatoms. The molecule has 0 radical (unpaired) electrons. The Kier molecular flexibility index (Phi) is 9.62. The van der Waals surface area contributed by atoms with E-state index < -0.39 is 0 Å². The summed E-state index contributed by atoms with van der Waals surface area (Å²) in [5.74, 6) is 2.09. The van der Waals surface area contributed by atoms with Crippen LogP contribution in [0.2, 0.25) is 0 Å². The van der Waals surface area contributed by atoms with Gasteiger partial charge in [0.1, 0.15) is 0 Å². The van der Waals surface area contributed by atoms with Gasteiger partial charge in [-0.1, -0.05) is 15.9 Å². The largest absolute Gasteiger partial charge is 0.466 e. The molecule has 0 saturated carbocycles. The highest BCUT2D eigenvalue weighted by Crippen LogP contribution is 2.05. The average molecular weight is 255 g/mol. The van der Waals surface area contributed by atoms with Crippen molar-refractivity contribution in [2.45, 2.75) is 19.8 Å². The van der Waals surface area contributed by atoms with E-state index in [1.54, 1.807) is 0 Å². The molecular weight excluding hydrogens is 240 g/mol. The molecule has 0 bridgehead atoms. The third-order valence-corrected chi connectivity index (χ3v) is 3.19. The topological polar surface area (TPSA) is 26.3 Å². The molecule has 2 nitrogen and oxygen atoms in total. The minimum Gasteiger partial charge on any atom is -0.466 e. The molecule has 0 aromatic rings. The third-order valence-electron chi connectivity index (χ3n) is 1.20. The lowest BCUT2D eigenvalue weighted by Crippen LogP contribution is -2.03. The number of ether oxygens (including phenoxy) is 1. The first-order valence-electron chi connectivity index (χ1n) is 4.10. The van der Waals surface area contributed by atoms with Crippen LogP contribution in [0.5, 0.6) is 0 Å². The maximum atomic E-state index is 10.8. The molecule has 0 aliphatic carbocycles. The van der Waals surface area contributed by atoms with Gasteiger partial charge in [0.25, 0.3) is 0 Å². The Bertz CT molecular complexity index is 120. The average Bonchev–Trinajstić information content (AvgIpc) is 2.05. The van der Waals surface area contributed by atoms with Gasteiger partial charge in [0.05, 0.1) is 6.61 Å². The Morgan fingerprint density at radius 2 is 2.25 bits per heavy atom. The molecule has 12 heavy (non-hydrogen) atoms. The summed E-state index contributed by atoms with van der Waals surface area (Å²) >= 11 is 5.20. The smallest absolute Gasteiger partial charge is 0.305 e. The zero-order valence-electron chi connectivity index (χ0n) is 7.35. The molecule has 0 unspecified atom stereocenters. The van der Waals surface area contributed by atoms with Crippen molar-refractivity contribution in [3.8, 4) is 0 Å². The maximum absolute atomic E-state index is 10.8. The summed E-state index contributed by atoms with van der Waals surface area (Å²) in [6, 6.07) is 0. The Balaban J connectivity index is 3.03. The molecule has 0 aliphatic rings. The predicted molar refractivity (Wildman–Crippen MR) is 57.0 cm³/mol. The first-order valence-corrected chi connectivity index (χ1v) is 6.38. The van der Waals surface area contributed by atoms with E-state index >= 15 is 0 Å². The number of thioether (sulfide) groups is 1. The van der Waals surface area contributed by atoms with E-state index in [9.17, 15) is 4.79 Å². The summed E-state index contributed by atoms with van der Waals surface area (Å²) < 4.78 is 4.79. The minimum absolute atomic E-state index is 0.0723. The summed E-state index contributed by atoms with van der Waals surface area (Å²) in [7, 11) is 0. The van der Waals surface area contributed by atoms with Gasteiger partial charge in [-0.15, -0.1) is 0 Å². The first-order chi connectivity index (χ1) is 5.81. The van der Waals surface area contributed by atoms with Gasteiger partial charge in [-0.2, -0.15) is 11.8 Å².